The van der Waals surface area contributed by atoms with E-state index in [1.54, 1.807) is 0 Å². The fourth-order valence-electron chi connectivity index (χ4n) is 3.03. The standard InChI is InChI=1S/C18H17N3O/c1-13-11-15-9-5-6-10-16(15)21(13)12-17-19-20-18(22-17)14-7-3-2-4-8-14/h2-10,13H,11-12H2,1H3. The van der Waals surface area contributed by atoms with Gasteiger partial charge in [0.1, 0.15) is 0 Å². The molecule has 1 aromatic heterocycles. The Kier molecular flexibility index (Phi) is 3.15. The van der Waals surface area contributed by atoms with Crippen LogP contribution in [0.25, 0.3) is 11.5 Å². The summed E-state index contributed by atoms with van der Waals surface area (Å²) in [5.41, 5.74) is 3.61. The van der Waals surface area contributed by atoms with E-state index in [9.17, 15) is 0 Å². The van der Waals surface area contributed by atoms with Crippen molar-refractivity contribution in [3.63, 3.8) is 0 Å². The largest absolute Gasteiger partial charge is 0.419 e. The molecule has 0 aliphatic carbocycles. The Balaban J connectivity index is 1.59. The van der Waals surface area contributed by atoms with Gasteiger partial charge in [-0.3, -0.25) is 0 Å². The number of anilines is 1. The third-order valence-electron chi connectivity index (χ3n) is 4.14. The van der Waals surface area contributed by atoms with Crippen molar-refractivity contribution in [3.8, 4) is 11.5 Å². The number of fused-ring (bicyclic) bond motifs is 1. The maximum Gasteiger partial charge on any atom is 0.247 e. The van der Waals surface area contributed by atoms with Crippen molar-refractivity contribution in [1.29, 1.82) is 0 Å². The first-order chi connectivity index (χ1) is 10.8. The Hall–Kier alpha value is -2.62. The molecule has 22 heavy (non-hydrogen) atoms. The molecule has 4 heteroatoms. The van der Waals surface area contributed by atoms with Crippen LogP contribution in [0.15, 0.2) is 59.0 Å². The Labute approximate surface area is 129 Å². The van der Waals surface area contributed by atoms with Gasteiger partial charge < -0.3 is 9.32 Å². The highest BCUT2D eigenvalue weighted by atomic mass is 16.4. The summed E-state index contributed by atoms with van der Waals surface area (Å²) in [6.45, 7) is 2.88. The Morgan fingerprint density at radius 3 is 2.68 bits per heavy atom. The van der Waals surface area contributed by atoms with E-state index >= 15 is 0 Å². The van der Waals surface area contributed by atoms with Crippen LogP contribution in [-0.4, -0.2) is 16.2 Å². The van der Waals surface area contributed by atoms with E-state index in [4.69, 9.17) is 4.42 Å². The van der Waals surface area contributed by atoms with Gasteiger partial charge >= 0.3 is 0 Å². The highest BCUT2D eigenvalue weighted by Crippen LogP contribution is 2.33. The third-order valence-corrected chi connectivity index (χ3v) is 4.14. The van der Waals surface area contributed by atoms with Gasteiger partial charge in [0, 0.05) is 17.3 Å². The summed E-state index contributed by atoms with van der Waals surface area (Å²) in [5, 5.41) is 8.37. The number of rotatable bonds is 3. The predicted molar refractivity (Wildman–Crippen MR) is 85.5 cm³/mol. The monoisotopic (exact) mass is 291 g/mol. The molecule has 110 valence electrons. The summed E-state index contributed by atoms with van der Waals surface area (Å²) in [7, 11) is 0. The summed E-state index contributed by atoms with van der Waals surface area (Å²) in [5.74, 6) is 1.23. The molecule has 3 aromatic rings. The van der Waals surface area contributed by atoms with E-state index in [-0.39, 0.29) is 0 Å². The predicted octanol–water partition coefficient (Wildman–Crippen LogP) is 3.69. The summed E-state index contributed by atoms with van der Waals surface area (Å²) in [6, 6.07) is 18.8. The van der Waals surface area contributed by atoms with Crippen LogP contribution in [0.1, 0.15) is 18.4 Å². The molecule has 1 atom stereocenters. The quantitative estimate of drug-likeness (QED) is 0.738. The Morgan fingerprint density at radius 1 is 1.05 bits per heavy atom. The van der Waals surface area contributed by atoms with E-state index in [0.29, 0.717) is 24.4 Å². The fraction of sp³-hybridized carbons (Fsp3) is 0.222. The summed E-state index contributed by atoms with van der Waals surface area (Å²) in [6.07, 6.45) is 1.07. The second-order valence-corrected chi connectivity index (χ2v) is 5.68. The first kappa shape index (κ1) is 13.1. The van der Waals surface area contributed by atoms with Gasteiger partial charge in [0.05, 0.1) is 6.54 Å². The third kappa shape index (κ3) is 2.26. The lowest BCUT2D eigenvalue weighted by atomic mass is 10.1. The van der Waals surface area contributed by atoms with Crippen molar-refractivity contribution in [3.05, 3.63) is 66.1 Å². The molecule has 2 aromatic carbocycles. The molecule has 0 saturated heterocycles. The van der Waals surface area contributed by atoms with E-state index in [2.05, 4.69) is 46.3 Å². The lowest BCUT2D eigenvalue weighted by Crippen LogP contribution is -2.28. The molecule has 0 N–H and O–H groups in total. The maximum absolute atomic E-state index is 5.83. The summed E-state index contributed by atoms with van der Waals surface area (Å²) < 4.78 is 5.83. The Morgan fingerprint density at radius 2 is 1.82 bits per heavy atom. The van der Waals surface area contributed by atoms with Crippen LogP contribution in [0.2, 0.25) is 0 Å². The number of benzene rings is 2. The van der Waals surface area contributed by atoms with Gasteiger partial charge in [-0.05, 0) is 37.1 Å². The van der Waals surface area contributed by atoms with Crippen molar-refractivity contribution in [1.82, 2.24) is 10.2 Å². The van der Waals surface area contributed by atoms with E-state index < -0.39 is 0 Å². The SMILES string of the molecule is CC1Cc2ccccc2N1Cc1nnc(-c2ccccc2)o1. The van der Waals surface area contributed by atoms with Crippen LogP contribution in [0, 0.1) is 0 Å². The molecule has 0 spiro atoms. The molecule has 0 bridgehead atoms. The topological polar surface area (TPSA) is 42.2 Å². The highest BCUT2D eigenvalue weighted by Gasteiger charge is 2.27. The smallest absolute Gasteiger partial charge is 0.247 e. The van der Waals surface area contributed by atoms with Gasteiger partial charge in [0.25, 0.3) is 0 Å². The van der Waals surface area contributed by atoms with Crippen LogP contribution < -0.4 is 4.90 Å². The first-order valence-electron chi connectivity index (χ1n) is 7.53. The van der Waals surface area contributed by atoms with E-state index in [1.807, 2.05) is 30.3 Å². The zero-order valence-corrected chi connectivity index (χ0v) is 12.4. The Bertz CT molecular complexity index is 782. The van der Waals surface area contributed by atoms with Gasteiger partial charge in [-0.1, -0.05) is 36.4 Å². The molecule has 4 rings (SSSR count). The second kappa shape index (κ2) is 5.30. The van der Waals surface area contributed by atoms with E-state index in [0.717, 1.165) is 12.0 Å². The van der Waals surface area contributed by atoms with Crippen LogP contribution in [0.3, 0.4) is 0 Å². The minimum atomic E-state index is 0.449. The summed E-state index contributed by atoms with van der Waals surface area (Å²) in [4.78, 5) is 2.33. The number of aromatic nitrogens is 2. The lowest BCUT2D eigenvalue weighted by Gasteiger charge is -2.22. The minimum absolute atomic E-state index is 0.449. The van der Waals surface area contributed by atoms with Crippen molar-refractivity contribution in [2.24, 2.45) is 0 Å². The molecule has 0 fully saturated rings. The van der Waals surface area contributed by atoms with Gasteiger partial charge in [-0.2, -0.15) is 0 Å². The van der Waals surface area contributed by atoms with Gasteiger partial charge in [0.15, 0.2) is 0 Å². The fourth-order valence-corrected chi connectivity index (χ4v) is 3.03. The van der Waals surface area contributed by atoms with Gasteiger partial charge in [0.2, 0.25) is 11.8 Å². The highest BCUT2D eigenvalue weighted by molar-refractivity contribution is 5.59. The zero-order chi connectivity index (χ0) is 14.9. The molecular formula is C18H17N3O. The normalized spacial score (nSPS) is 16.8. The average Bonchev–Trinajstić information content (AvgIpc) is 3.14. The van der Waals surface area contributed by atoms with Crippen molar-refractivity contribution < 1.29 is 4.42 Å². The average molecular weight is 291 g/mol. The van der Waals surface area contributed by atoms with Crippen molar-refractivity contribution in [2.75, 3.05) is 4.90 Å². The molecule has 0 amide bonds. The molecular weight excluding hydrogens is 274 g/mol. The molecule has 1 unspecified atom stereocenters. The van der Waals surface area contributed by atoms with Crippen LogP contribution in [0.4, 0.5) is 5.69 Å². The molecule has 0 radical (unpaired) electrons. The van der Waals surface area contributed by atoms with Crippen LogP contribution >= 0.6 is 0 Å². The van der Waals surface area contributed by atoms with Crippen molar-refractivity contribution >= 4 is 5.69 Å². The van der Waals surface area contributed by atoms with E-state index in [1.165, 1.54) is 11.3 Å². The number of hydrogen-bond donors (Lipinski definition) is 0. The molecule has 4 nitrogen and oxygen atoms in total. The number of hydrogen-bond acceptors (Lipinski definition) is 4. The van der Waals surface area contributed by atoms with Crippen LogP contribution in [0.5, 0.6) is 0 Å². The molecule has 1 aliphatic rings. The first-order valence-corrected chi connectivity index (χ1v) is 7.53. The second-order valence-electron chi connectivity index (χ2n) is 5.68. The maximum atomic E-state index is 5.83. The number of nitrogens with zero attached hydrogens (tertiary/aromatic N) is 3. The minimum Gasteiger partial charge on any atom is -0.419 e. The van der Waals surface area contributed by atoms with Crippen molar-refractivity contribution in [2.45, 2.75) is 25.9 Å². The lowest BCUT2D eigenvalue weighted by molar-refractivity contribution is 0.489. The zero-order valence-electron chi connectivity index (χ0n) is 12.4. The summed E-state index contributed by atoms with van der Waals surface area (Å²) >= 11 is 0. The van der Waals surface area contributed by atoms with Gasteiger partial charge in [-0.25, -0.2) is 0 Å². The molecule has 0 saturated carbocycles. The molecule has 1 aliphatic heterocycles. The van der Waals surface area contributed by atoms with Gasteiger partial charge in [-0.15, -0.1) is 10.2 Å². The number of para-hydroxylation sites is 1. The molecule has 2 heterocycles. The van der Waals surface area contributed by atoms with Crippen LogP contribution in [-0.2, 0) is 13.0 Å².